The van der Waals surface area contributed by atoms with Gasteiger partial charge in [-0.05, 0) is 18.1 Å². The molecule has 3 heteroatoms. The van der Waals surface area contributed by atoms with Crippen molar-refractivity contribution in [2.45, 2.75) is 19.3 Å². The molecule has 0 aliphatic heterocycles. The number of hydrogen-bond acceptors (Lipinski definition) is 1. The highest BCUT2D eigenvalue weighted by Gasteiger charge is 2.05. The molecule has 92 valence electrons. The lowest BCUT2D eigenvalue weighted by Crippen LogP contribution is -2.24. The SMILES string of the molecule is C#CCCNC(=O)CCc1c[nH]c2ccccc12. The molecule has 0 fully saturated rings. The monoisotopic (exact) mass is 240 g/mol. The Morgan fingerprint density at radius 1 is 1.39 bits per heavy atom. The van der Waals surface area contributed by atoms with Crippen molar-refractivity contribution in [1.29, 1.82) is 0 Å². The number of terminal acetylenes is 1. The molecule has 0 atom stereocenters. The highest BCUT2D eigenvalue weighted by Crippen LogP contribution is 2.18. The number of carbonyl (C=O) groups excluding carboxylic acids is 1. The van der Waals surface area contributed by atoms with Gasteiger partial charge in [0.2, 0.25) is 5.91 Å². The number of amides is 1. The van der Waals surface area contributed by atoms with Crippen molar-refractivity contribution in [3.63, 3.8) is 0 Å². The molecule has 0 aliphatic rings. The molecule has 0 aliphatic carbocycles. The Labute approximate surface area is 107 Å². The summed E-state index contributed by atoms with van der Waals surface area (Å²) >= 11 is 0. The molecule has 0 radical (unpaired) electrons. The molecule has 1 amide bonds. The van der Waals surface area contributed by atoms with Crippen LogP contribution in [0, 0.1) is 12.3 Å². The summed E-state index contributed by atoms with van der Waals surface area (Å²) in [5.74, 6) is 2.55. The predicted octanol–water partition coefficient (Wildman–Crippen LogP) is 2.24. The Morgan fingerprint density at radius 2 is 2.22 bits per heavy atom. The lowest BCUT2D eigenvalue weighted by molar-refractivity contribution is -0.121. The van der Waals surface area contributed by atoms with Crippen LogP contribution in [0.1, 0.15) is 18.4 Å². The number of aryl methyl sites for hydroxylation is 1. The van der Waals surface area contributed by atoms with Crippen LogP contribution in [0.15, 0.2) is 30.5 Å². The first-order valence-electron chi connectivity index (χ1n) is 6.06. The van der Waals surface area contributed by atoms with Gasteiger partial charge in [-0.2, -0.15) is 0 Å². The highest BCUT2D eigenvalue weighted by molar-refractivity contribution is 5.84. The van der Waals surface area contributed by atoms with E-state index in [0.29, 0.717) is 19.4 Å². The van der Waals surface area contributed by atoms with Crippen LogP contribution in [0.4, 0.5) is 0 Å². The topological polar surface area (TPSA) is 44.9 Å². The fourth-order valence-electron chi connectivity index (χ4n) is 1.95. The number of carbonyl (C=O) groups is 1. The zero-order chi connectivity index (χ0) is 12.8. The van der Waals surface area contributed by atoms with Crippen molar-refractivity contribution in [2.24, 2.45) is 0 Å². The Kier molecular flexibility index (Phi) is 4.03. The quantitative estimate of drug-likeness (QED) is 0.611. The van der Waals surface area contributed by atoms with Gasteiger partial charge in [0.25, 0.3) is 0 Å². The number of nitrogens with one attached hydrogen (secondary N) is 2. The summed E-state index contributed by atoms with van der Waals surface area (Å²) in [6.07, 6.45) is 8.91. The predicted molar refractivity (Wildman–Crippen MR) is 73.1 cm³/mol. The maximum Gasteiger partial charge on any atom is 0.220 e. The Morgan fingerprint density at radius 3 is 3.06 bits per heavy atom. The van der Waals surface area contributed by atoms with Crippen LogP contribution in [0.25, 0.3) is 10.9 Å². The molecule has 18 heavy (non-hydrogen) atoms. The molecule has 1 aromatic carbocycles. The van der Waals surface area contributed by atoms with Crippen LogP contribution >= 0.6 is 0 Å². The first-order chi connectivity index (χ1) is 8.81. The molecule has 0 unspecified atom stereocenters. The van der Waals surface area contributed by atoms with Crippen molar-refractivity contribution < 1.29 is 4.79 Å². The summed E-state index contributed by atoms with van der Waals surface area (Å²) in [6.45, 7) is 0.559. The average Bonchev–Trinajstić information content (AvgIpc) is 2.80. The van der Waals surface area contributed by atoms with Crippen molar-refractivity contribution in [2.75, 3.05) is 6.54 Å². The van der Waals surface area contributed by atoms with Crippen molar-refractivity contribution >= 4 is 16.8 Å². The molecule has 0 saturated carbocycles. The van der Waals surface area contributed by atoms with Gasteiger partial charge in [0.1, 0.15) is 0 Å². The number of rotatable bonds is 5. The summed E-state index contributed by atoms with van der Waals surface area (Å²) in [5.41, 5.74) is 2.29. The third-order valence-corrected chi connectivity index (χ3v) is 2.89. The number of H-pyrrole nitrogens is 1. The van der Waals surface area contributed by atoms with E-state index in [1.807, 2.05) is 24.4 Å². The number of aromatic nitrogens is 1. The molecule has 2 N–H and O–H groups in total. The minimum atomic E-state index is 0.0514. The van der Waals surface area contributed by atoms with Crippen LogP contribution in [0.3, 0.4) is 0 Å². The summed E-state index contributed by atoms with van der Waals surface area (Å²) in [5, 5.41) is 3.99. The highest BCUT2D eigenvalue weighted by atomic mass is 16.1. The second-order valence-electron chi connectivity index (χ2n) is 4.16. The van der Waals surface area contributed by atoms with E-state index in [1.54, 1.807) is 0 Å². The molecule has 0 spiro atoms. The van der Waals surface area contributed by atoms with Crippen LogP contribution in [0.5, 0.6) is 0 Å². The van der Waals surface area contributed by atoms with Gasteiger partial charge < -0.3 is 10.3 Å². The summed E-state index contributed by atoms with van der Waals surface area (Å²) < 4.78 is 0. The van der Waals surface area contributed by atoms with E-state index in [9.17, 15) is 4.79 Å². The Balaban J connectivity index is 1.90. The molecule has 1 aromatic heterocycles. The van der Waals surface area contributed by atoms with Crippen molar-refractivity contribution in [3.8, 4) is 12.3 Å². The van der Waals surface area contributed by atoms with Crippen LogP contribution in [-0.2, 0) is 11.2 Å². The standard InChI is InChI=1S/C15H16N2O/c1-2-3-10-16-15(18)9-8-12-11-17-14-7-5-4-6-13(12)14/h1,4-7,11,17H,3,8-10H2,(H,16,18). The van der Waals surface area contributed by atoms with E-state index in [4.69, 9.17) is 6.42 Å². The van der Waals surface area contributed by atoms with Gasteiger partial charge in [-0.15, -0.1) is 12.3 Å². The molecular weight excluding hydrogens is 224 g/mol. The second-order valence-corrected chi connectivity index (χ2v) is 4.16. The largest absolute Gasteiger partial charge is 0.361 e. The normalized spacial score (nSPS) is 10.2. The first kappa shape index (κ1) is 12.3. The smallest absolute Gasteiger partial charge is 0.220 e. The van der Waals surface area contributed by atoms with Crippen LogP contribution in [0.2, 0.25) is 0 Å². The number of hydrogen-bond donors (Lipinski definition) is 2. The summed E-state index contributed by atoms with van der Waals surface area (Å²) in [4.78, 5) is 14.8. The summed E-state index contributed by atoms with van der Waals surface area (Å²) in [7, 11) is 0. The third-order valence-electron chi connectivity index (χ3n) is 2.89. The van der Waals surface area contributed by atoms with E-state index < -0.39 is 0 Å². The van der Waals surface area contributed by atoms with Crippen LogP contribution in [-0.4, -0.2) is 17.4 Å². The van der Waals surface area contributed by atoms with Gasteiger partial charge in [0, 0.05) is 36.5 Å². The van der Waals surface area contributed by atoms with Gasteiger partial charge in [-0.25, -0.2) is 0 Å². The number of para-hydroxylation sites is 1. The third kappa shape index (κ3) is 2.92. The second kappa shape index (κ2) is 5.92. The lowest BCUT2D eigenvalue weighted by atomic mass is 10.1. The lowest BCUT2D eigenvalue weighted by Gasteiger charge is -2.02. The van der Waals surface area contributed by atoms with E-state index >= 15 is 0 Å². The van der Waals surface area contributed by atoms with Gasteiger partial charge in [0.15, 0.2) is 0 Å². The van der Waals surface area contributed by atoms with E-state index in [-0.39, 0.29) is 5.91 Å². The van der Waals surface area contributed by atoms with Gasteiger partial charge in [-0.3, -0.25) is 4.79 Å². The maximum atomic E-state index is 11.6. The number of fused-ring (bicyclic) bond motifs is 1. The van der Waals surface area contributed by atoms with Gasteiger partial charge in [0.05, 0.1) is 0 Å². The average molecular weight is 240 g/mol. The molecule has 2 aromatic rings. The van der Waals surface area contributed by atoms with Crippen molar-refractivity contribution in [1.82, 2.24) is 10.3 Å². The summed E-state index contributed by atoms with van der Waals surface area (Å²) in [6, 6.07) is 8.10. The molecule has 2 rings (SSSR count). The number of benzene rings is 1. The van der Waals surface area contributed by atoms with Gasteiger partial charge >= 0.3 is 0 Å². The molecule has 3 nitrogen and oxygen atoms in total. The molecule has 0 saturated heterocycles. The molecule has 0 bridgehead atoms. The fourth-order valence-corrected chi connectivity index (χ4v) is 1.95. The minimum absolute atomic E-state index is 0.0514. The first-order valence-corrected chi connectivity index (χ1v) is 6.06. The zero-order valence-corrected chi connectivity index (χ0v) is 10.2. The van der Waals surface area contributed by atoms with E-state index in [2.05, 4.69) is 22.3 Å². The minimum Gasteiger partial charge on any atom is -0.361 e. The Hall–Kier alpha value is -2.21. The van der Waals surface area contributed by atoms with E-state index in [0.717, 1.165) is 11.9 Å². The van der Waals surface area contributed by atoms with Crippen molar-refractivity contribution in [3.05, 3.63) is 36.0 Å². The van der Waals surface area contributed by atoms with Crippen LogP contribution < -0.4 is 5.32 Å². The fraction of sp³-hybridized carbons (Fsp3) is 0.267. The molecular formula is C15H16N2O. The number of aromatic amines is 1. The van der Waals surface area contributed by atoms with E-state index in [1.165, 1.54) is 10.9 Å². The molecule has 1 heterocycles. The zero-order valence-electron chi connectivity index (χ0n) is 10.2. The Bertz CT molecular complexity index is 577. The maximum absolute atomic E-state index is 11.6. The van der Waals surface area contributed by atoms with Gasteiger partial charge in [-0.1, -0.05) is 18.2 Å².